The SMILES string of the molecule is CCN(Cc1ccc(OCc2cccs2)c(OC)c1)C(=O)c1cc([N+](=O)[O-])ccc1N1CCCC1. The Labute approximate surface area is 208 Å². The zero-order valence-electron chi connectivity index (χ0n) is 19.9. The number of hydrogen-bond acceptors (Lipinski definition) is 7. The Balaban J connectivity index is 1.55. The zero-order chi connectivity index (χ0) is 24.8. The summed E-state index contributed by atoms with van der Waals surface area (Å²) in [6.45, 7) is 4.85. The summed E-state index contributed by atoms with van der Waals surface area (Å²) in [5.74, 6) is 1.000. The van der Waals surface area contributed by atoms with Crippen LogP contribution in [-0.4, -0.2) is 42.5 Å². The van der Waals surface area contributed by atoms with Crippen LogP contribution in [0.3, 0.4) is 0 Å². The first kappa shape index (κ1) is 24.5. The van der Waals surface area contributed by atoms with Crippen LogP contribution in [-0.2, 0) is 13.2 Å². The van der Waals surface area contributed by atoms with Crippen LogP contribution in [0.5, 0.6) is 11.5 Å². The summed E-state index contributed by atoms with van der Waals surface area (Å²) in [4.78, 5) is 29.5. The van der Waals surface area contributed by atoms with Crippen LogP contribution in [0, 0.1) is 10.1 Å². The van der Waals surface area contributed by atoms with Crippen molar-refractivity contribution < 1.29 is 19.2 Å². The van der Waals surface area contributed by atoms with Gasteiger partial charge >= 0.3 is 0 Å². The molecule has 8 nitrogen and oxygen atoms in total. The molecule has 3 aromatic rings. The monoisotopic (exact) mass is 495 g/mol. The normalized spacial score (nSPS) is 13.0. The molecule has 9 heteroatoms. The molecule has 1 amide bonds. The molecule has 2 aromatic carbocycles. The molecule has 2 heterocycles. The number of thiophene rings is 1. The van der Waals surface area contributed by atoms with E-state index in [0.717, 1.165) is 42.1 Å². The molecule has 0 saturated carbocycles. The molecule has 184 valence electrons. The van der Waals surface area contributed by atoms with Crippen LogP contribution in [0.4, 0.5) is 11.4 Å². The maximum Gasteiger partial charge on any atom is 0.270 e. The summed E-state index contributed by atoms with van der Waals surface area (Å²) in [6.07, 6.45) is 2.09. The first-order chi connectivity index (χ1) is 17.0. The summed E-state index contributed by atoms with van der Waals surface area (Å²) < 4.78 is 11.5. The average molecular weight is 496 g/mol. The van der Waals surface area contributed by atoms with Crippen molar-refractivity contribution in [2.75, 3.05) is 31.6 Å². The average Bonchev–Trinajstić information content (AvgIpc) is 3.60. The highest BCUT2D eigenvalue weighted by Gasteiger charge is 2.25. The largest absolute Gasteiger partial charge is 0.493 e. The number of ether oxygens (including phenoxy) is 2. The van der Waals surface area contributed by atoms with Gasteiger partial charge in [-0.3, -0.25) is 14.9 Å². The van der Waals surface area contributed by atoms with Gasteiger partial charge in [0, 0.05) is 43.2 Å². The lowest BCUT2D eigenvalue weighted by Gasteiger charge is -2.26. The van der Waals surface area contributed by atoms with Gasteiger partial charge in [-0.05, 0) is 55.0 Å². The first-order valence-corrected chi connectivity index (χ1v) is 12.5. The number of benzene rings is 2. The summed E-state index contributed by atoms with van der Waals surface area (Å²) in [5.41, 5.74) is 1.92. The molecule has 1 fully saturated rings. The molecule has 0 spiro atoms. The molecule has 35 heavy (non-hydrogen) atoms. The second-order valence-corrected chi connectivity index (χ2v) is 9.36. The van der Waals surface area contributed by atoms with Gasteiger partial charge < -0.3 is 19.3 Å². The molecular formula is C26H29N3O5S. The van der Waals surface area contributed by atoms with Crippen molar-refractivity contribution in [1.29, 1.82) is 0 Å². The van der Waals surface area contributed by atoms with E-state index in [-0.39, 0.29) is 11.6 Å². The fraction of sp³-hybridized carbons (Fsp3) is 0.346. The van der Waals surface area contributed by atoms with E-state index in [1.54, 1.807) is 29.4 Å². The van der Waals surface area contributed by atoms with Crippen molar-refractivity contribution in [1.82, 2.24) is 4.90 Å². The molecule has 1 aliphatic rings. The minimum Gasteiger partial charge on any atom is -0.493 e. The van der Waals surface area contributed by atoms with Crippen LogP contribution in [0.1, 0.15) is 40.6 Å². The van der Waals surface area contributed by atoms with Gasteiger partial charge in [-0.1, -0.05) is 12.1 Å². The third-order valence-corrected chi connectivity index (χ3v) is 6.94. The number of nitro groups is 1. The van der Waals surface area contributed by atoms with E-state index in [1.165, 1.54) is 12.1 Å². The van der Waals surface area contributed by atoms with Gasteiger partial charge in [-0.2, -0.15) is 0 Å². The highest BCUT2D eigenvalue weighted by atomic mass is 32.1. The molecule has 0 N–H and O–H groups in total. The van der Waals surface area contributed by atoms with E-state index in [0.29, 0.717) is 36.8 Å². The van der Waals surface area contributed by atoms with Gasteiger partial charge in [0.15, 0.2) is 11.5 Å². The number of anilines is 1. The molecule has 0 aliphatic carbocycles. The van der Waals surface area contributed by atoms with Crippen LogP contribution >= 0.6 is 11.3 Å². The zero-order valence-corrected chi connectivity index (χ0v) is 20.8. The second-order valence-electron chi connectivity index (χ2n) is 8.33. The van der Waals surface area contributed by atoms with Crippen LogP contribution in [0.25, 0.3) is 0 Å². The fourth-order valence-corrected chi connectivity index (χ4v) is 4.85. The number of hydrogen-bond donors (Lipinski definition) is 0. The third-order valence-electron chi connectivity index (χ3n) is 6.09. The van der Waals surface area contributed by atoms with E-state index in [1.807, 2.05) is 42.6 Å². The highest BCUT2D eigenvalue weighted by molar-refractivity contribution is 7.09. The molecule has 0 atom stereocenters. The van der Waals surface area contributed by atoms with Crippen LogP contribution < -0.4 is 14.4 Å². The van der Waals surface area contributed by atoms with E-state index in [9.17, 15) is 14.9 Å². The van der Waals surface area contributed by atoms with Gasteiger partial charge in [0.2, 0.25) is 0 Å². The smallest absolute Gasteiger partial charge is 0.270 e. The van der Waals surface area contributed by atoms with E-state index in [2.05, 4.69) is 4.90 Å². The van der Waals surface area contributed by atoms with Gasteiger partial charge in [0.25, 0.3) is 11.6 Å². The molecule has 0 bridgehead atoms. The highest BCUT2D eigenvalue weighted by Crippen LogP contribution is 2.32. The minimum absolute atomic E-state index is 0.0822. The lowest BCUT2D eigenvalue weighted by molar-refractivity contribution is -0.384. The van der Waals surface area contributed by atoms with E-state index in [4.69, 9.17) is 9.47 Å². The van der Waals surface area contributed by atoms with E-state index < -0.39 is 4.92 Å². The summed E-state index contributed by atoms with van der Waals surface area (Å²) in [5, 5.41) is 13.4. The molecule has 1 aromatic heterocycles. The molecule has 1 saturated heterocycles. The standard InChI is InChI=1S/C26H29N3O5S/c1-3-27(17-19-8-11-24(25(15-19)33-2)34-18-21-7-6-14-35-21)26(30)22-16-20(29(31)32)9-10-23(22)28-12-4-5-13-28/h6-11,14-16H,3-5,12-13,17-18H2,1-2H3. The van der Waals surface area contributed by atoms with Crippen molar-refractivity contribution in [3.63, 3.8) is 0 Å². The Bertz CT molecular complexity index is 1180. The summed E-state index contributed by atoms with van der Waals surface area (Å²) in [7, 11) is 1.59. The number of nitrogens with zero attached hydrogens (tertiary/aromatic N) is 3. The maximum atomic E-state index is 13.6. The van der Waals surface area contributed by atoms with Crippen molar-refractivity contribution in [2.24, 2.45) is 0 Å². The van der Waals surface area contributed by atoms with Crippen molar-refractivity contribution >= 4 is 28.6 Å². The number of carbonyl (C=O) groups excluding carboxylic acids is 1. The fourth-order valence-electron chi connectivity index (χ4n) is 4.23. The Morgan fingerprint density at radius 3 is 2.60 bits per heavy atom. The molecule has 0 radical (unpaired) electrons. The van der Waals surface area contributed by atoms with Gasteiger partial charge in [-0.25, -0.2) is 0 Å². The van der Waals surface area contributed by atoms with Crippen LogP contribution in [0.15, 0.2) is 53.9 Å². The number of nitro benzene ring substituents is 1. The molecular weight excluding hydrogens is 466 g/mol. The Morgan fingerprint density at radius 2 is 1.94 bits per heavy atom. The maximum absolute atomic E-state index is 13.6. The quantitative estimate of drug-likeness (QED) is 0.272. The van der Waals surface area contributed by atoms with Crippen molar-refractivity contribution in [3.8, 4) is 11.5 Å². The molecule has 1 aliphatic heterocycles. The molecule has 0 unspecified atom stereocenters. The second kappa shape index (κ2) is 11.2. The summed E-state index contributed by atoms with van der Waals surface area (Å²) >= 11 is 1.63. The number of non-ortho nitro benzene ring substituents is 1. The predicted octanol–water partition coefficient (Wildman–Crippen LogP) is 5.51. The lowest BCUT2D eigenvalue weighted by Crippen LogP contribution is -2.32. The van der Waals surface area contributed by atoms with Gasteiger partial charge in [0.1, 0.15) is 6.61 Å². The molecule has 4 rings (SSSR count). The number of methoxy groups -OCH3 is 1. The van der Waals surface area contributed by atoms with Crippen molar-refractivity contribution in [3.05, 3.63) is 80.0 Å². The van der Waals surface area contributed by atoms with Gasteiger partial charge in [0.05, 0.1) is 23.3 Å². The lowest BCUT2D eigenvalue weighted by atomic mass is 10.1. The van der Waals surface area contributed by atoms with Crippen molar-refractivity contribution in [2.45, 2.75) is 32.9 Å². The number of rotatable bonds is 10. The Hall–Kier alpha value is -3.59. The number of carbonyl (C=O) groups is 1. The van der Waals surface area contributed by atoms with E-state index >= 15 is 0 Å². The van der Waals surface area contributed by atoms with Crippen LogP contribution in [0.2, 0.25) is 0 Å². The number of amides is 1. The minimum atomic E-state index is -0.458. The predicted molar refractivity (Wildman–Crippen MR) is 137 cm³/mol. The third kappa shape index (κ3) is 5.74. The topological polar surface area (TPSA) is 85.1 Å². The Kier molecular flexibility index (Phi) is 7.87. The summed E-state index contributed by atoms with van der Waals surface area (Å²) in [6, 6.07) is 14.2. The first-order valence-electron chi connectivity index (χ1n) is 11.6. The van der Waals surface area contributed by atoms with Gasteiger partial charge in [-0.15, -0.1) is 11.3 Å². The Morgan fingerprint density at radius 1 is 1.14 bits per heavy atom.